The molecule has 55 heavy (non-hydrogen) atoms. The van der Waals surface area contributed by atoms with Gasteiger partial charge < -0.3 is 29.2 Å². The molecule has 3 aliphatic rings. The van der Waals surface area contributed by atoms with Crippen molar-refractivity contribution in [3.63, 3.8) is 0 Å². The summed E-state index contributed by atoms with van der Waals surface area (Å²) in [6, 6.07) is 32.7. The minimum absolute atomic E-state index is 0.0490. The van der Waals surface area contributed by atoms with Crippen LogP contribution < -0.4 is 14.8 Å². The number of piperidine rings is 2. The quantitative estimate of drug-likeness (QED) is 0.155. The van der Waals surface area contributed by atoms with Gasteiger partial charge in [-0.25, -0.2) is 4.98 Å². The first-order valence-electron chi connectivity index (χ1n) is 19.6. The maximum atomic E-state index is 14.0. The number of nitrogens with zero attached hydrogens (tertiary/aromatic N) is 4. The third kappa shape index (κ3) is 6.97. The molecule has 5 aromatic rings. The van der Waals surface area contributed by atoms with E-state index in [1.54, 1.807) is 44.6 Å². The molecule has 1 N–H and O–H groups in total. The van der Waals surface area contributed by atoms with E-state index in [0.29, 0.717) is 47.8 Å². The Morgan fingerprint density at radius 1 is 0.873 bits per heavy atom. The number of nitrogens with one attached hydrogen (secondary N) is 1. The first kappa shape index (κ1) is 36.4. The fourth-order valence-electron chi connectivity index (χ4n) is 9.56. The van der Waals surface area contributed by atoms with Crippen molar-refractivity contribution in [1.29, 1.82) is 0 Å². The third-order valence-electron chi connectivity index (χ3n) is 12.5. The molecule has 284 valence electrons. The van der Waals surface area contributed by atoms with Crippen molar-refractivity contribution in [2.45, 2.75) is 82.0 Å². The highest BCUT2D eigenvalue weighted by Crippen LogP contribution is 2.50. The fraction of sp³-hybridized carbons (Fsp3) is 0.370. The Hall–Kier alpha value is -5.57. The lowest BCUT2D eigenvalue weighted by atomic mass is 9.72. The number of rotatable bonds is 10. The molecule has 0 radical (unpaired) electrons. The minimum Gasteiger partial charge on any atom is -0.497 e. The summed E-state index contributed by atoms with van der Waals surface area (Å²) in [5.41, 5.74) is 5.28. The van der Waals surface area contributed by atoms with Crippen LogP contribution in [0.3, 0.4) is 0 Å². The van der Waals surface area contributed by atoms with Crippen LogP contribution in [0.25, 0.3) is 11.0 Å². The van der Waals surface area contributed by atoms with E-state index in [1.807, 2.05) is 17.0 Å². The number of fused-ring (bicyclic) bond motifs is 3. The number of amides is 2. The number of para-hydroxylation sites is 2. The summed E-state index contributed by atoms with van der Waals surface area (Å²) in [6.45, 7) is 6.13. The second-order valence-electron chi connectivity index (χ2n) is 15.8. The van der Waals surface area contributed by atoms with Crippen LogP contribution in [0.15, 0.2) is 109 Å². The van der Waals surface area contributed by atoms with Gasteiger partial charge in [-0.3, -0.25) is 9.59 Å². The van der Waals surface area contributed by atoms with Crippen LogP contribution in [0.5, 0.6) is 11.5 Å². The summed E-state index contributed by atoms with van der Waals surface area (Å²) < 4.78 is 13.3. The summed E-state index contributed by atoms with van der Waals surface area (Å²) in [4.78, 5) is 36.7. The Bertz CT molecular complexity index is 2220. The number of likely N-dealkylation sites (tertiary alicyclic amines) is 1. The molecule has 9 heteroatoms. The number of aryl methyl sites for hydroxylation is 1. The zero-order valence-corrected chi connectivity index (χ0v) is 32.3. The molecule has 3 aliphatic heterocycles. The number of benzene rings is 4. The average Bonchev–Trinajstić information content (AvgIpc) is 3.66. The van der Waals surface area contributed by atoms with Gasteiger partial charge in [0.05, 0.1) is 25.3 Å². The largest absolute Gasteiger partial charge is 0.497 e. The molecule has 0 spiro atoms. The monoisotopic (exact) mass is 737 g/mol. The van der Waals surface area contributed by atoms with Crippen LogP contribution >= 0.6 is 0 Å². The molecule has 3 saturated heterocycles. The Kier molecular flexibility index (Phi) is 9.88. The van der Waals surface area contributed by atoms with E-state index in [2.05, 4.69) is 95.5 Å². The van der Waals surface area contributed by atoms with E-state index in [0.717, 1.165) is 42.6 Å². The van der Waals surface area contributed by atoms with Crippen molar-refractivity contribution >= 4 is 22.8 Å². The summed E-state index contributed by atoms with van der Waals surface area (Å²) in [7, 11) is 3.19. The number of hydrogen-bond acceptors (Lipinski definition) is 6. The molecule has 1 aromatic heterocycles. The highest BCUT2D eigenvalue weighted by atomic mass is 16.5. The number of carbonyl (C=O) groups excluding carboxylic acids is 2. The predicted octanol–water partition coefficient (Wildman–Crippen LogP) is 8.24. The molecule has 4 heterocycles. The number of imidazole rings is 1. The van der Waals surface area contributed by atoms with Gasteiger partial charge >= 0.3 is 0 Å². The Morgan fingerprint density at radius 3 is 2.40 bits per heavy atom. The summed E-state index contributed by atoms with van der Waals surface area (Å²) in [5, 5.41) is 2.97. The van der Waals surface area contributed by atoms with Gasteiger partial charge in [-0.1, -0.05) is 54.6 Å². The molecule has 4 aromatic carbocycles. The van der Waals surface area contributed by atoms with Gasteiger partial charge in [-0.05, 0) is 107 Å². The third-order valence-corrected chi connectivity index (χ3v) is 12.5. The molecule has 0 saturated carbocycles. The maximum Gasteiger partial charge on any atom is 0.253 e. The van der Waals surface area contributed by atoms with E-state index < -0.39 is 0 Å². The van der Waals surface area contributed by atoms with Gasteiger partial charge in [0.2, 0.25) is 0 Å². The molecular weight excluding hydrogens is 687 g/mol. The van der Waals surface area contributed by atoms with Crippen molar-refractivity contribution in [3.05, 3.63) is 137 Å². The summed E-state index contributed by atoms with van der Waals surface area (Å²) in [6.07, 6.45) is 11.1. The first-order chi connectivity index (χ1) is 26.7. The smallest absolute Gasteiger partial charge is 0.253 e. The molecule has 9 nitrogen and oxygen atoms in total. The second kappa shape index (κ2) is 14.9. The van der Waals surface area contributed by atoms with Crippen LogP contribution in [-0.2, 0) is 12.0 Å². The van der Waals surface area contributed by atoms with Gasteiger partial charge in [0.15, 0.2) is 0 Å². The van der Waals surface area contributed by atoms with Gasteiger partial charge in [0, 0.05) is 65.4 Å². The molecular formula is C46H51N5O4. The van der Waals surface area contributed by atoms with E-state index in [-0.39, 0.29) is 29.3 Å². The lowest BCUT2D eigenvalue weighted by Crippen LogP contribution is -2.49. The summed E-state index contributed by atoms with van der Waals surface area (Å²) in [5.74, 6) is 2.12. The van der Waals surface area contributed by atoms with Crippen LogP contribution in [0.4, 0.5) is 0 Å². The van der Waals surface area contributed by atoms with Gasteiger partial charge in [0.1, 0.15) is 17.3 Å². The van der Waals surface area contributed by atoms with Crippen molar-refractivity contribution in [3.8, 4) is 11.5 Å². The van der Waals surface area contributed by atoms with Gasteiger partial charge in [-0.15, -0.1) is 0 Å². The summed E-state index contributed by atoms with van der Waals surface area (Å²) >= 11 is 0. The van der Waals surface area contributed by atoms with Gasteiger partial charge in [-0.2, -0.15) is 0 Å². The number of ether oxygens (including phenoxy) is 2. The molecule has 2 bridgehead atoms. The van der Waals surface area contributed by atoms with E-state index in [9.17, 15) is 9.59 Å². The normalized spacial score (nSPS) is 21.9. The van der Waals surface area contributed by atoms with Crippen LogP contribution in [0.1, 0.15) is 89.2 Å². The van der Waals surface area contributed by atoms with Crippen LogP contribution in [0.2, 0.25) is 0 Å². The lowest BCUT2D eigenvalue weighted by Gasteiger charge is -2.47. The molecule has 8 rings (SSSR count). The zero-order valence-electron chi connectivity index (χ0n) is 32.3. The highest BCUT2D eigenvalue weighted by Gasteiger charge is 2.48. The first-order valence-corrected chi connectivity index (χ1v) is 19.6. The van der Waals surface area contributed by atoms with Crippen molar-refractivity contribution in [2.75, 3.05) is 27.3 Å². The van der Waals surface area contributed by atoms with E-state index in [1.165, 1.54) is 23.9 Å². The Balaban J connectivity index is 0.958. The van der Waals surface area contributed by atoms with Crippen LogP contribution in [0, 0.1) is 6.92 Å². The molecule has 2 amide bonds. The number of carbonyl (C=O) groups is 2. The lowest BCUT2D eigenvalue weighted by molar-refractivity contribution is 0.0683. The minimum atomic E-state index is -0.250. The maximum absolute atomic E-state index is 14.0. The SMILES string of the molecule is COc1ccc(CNC(=O)c2cccc(C(=O)N3CCC(/C=C/N4[C@@H]5CCC4(C)C[C@@H](n4c(C)nc6ccccc64)C5)(c4ccccc4)CC3)c2)c(OC)c1. The number of allylic oxidation sites excluding steroid dienone is 1. The Labute approximate surface area is 323 Å². The topological polar surface area (TPSA) is 88.9 Å². The predicted molar refractivity (Wildman–Crippen MR) is 216 cm³/mol. The molecule has 0 aliphatic carbocycles. The number of methoxy groups -OCH3 is 2. The van der Waals surface area contributed by atoms with Crippen LogP contribution in [-0.4, -0.2) is 70.1 Å². The zero-order chi connectivity index (χ0) is 38.2. The van der Waals surface area contributed by atoms with E-state index >= 15 is 0 Å². The van der Waals surface area contributed by atoms with Crippen molar-refractivity contribution in [1.82, 2.24) is 24.7 Å². The van der Waals surface area contributed by atoms with E-state index in [4.69, 9.17) is 14.5 Å². The molecule has 3 fully saturated rings. The fourth-order valence-corrected chi connectivity index (χ4v) is 9.56. The molecule has 3 atom stereocenters. The van der Waals surface area contributed by atoms with Gasteiger partial charge in [0.25, 0.3) is 11.8 Å². The number of hydrogen-bond donors (Lipinski definition) is 1. The highest BCUT2D eigenvalue weighted by molar-refractivity contribution is 5.99. The second-order valence-corrected chi connectivity index (χ2v) is 15.8. The molecule has 1 unspecified atom stereocenters. The standard InChI is InChI=1S/C46H51N5O4/c1-32-48-40-15-8-9-16-41(40)51(32)38-28-37-19-20-45(2,30-38)50(37)26-23-46(36-13-6-5-7-14-36)21-24-49(25-22-46)44(53)34-12-10-11-33(27-34)43(52)47-31-35-17-18-39(54-3)29-42(35)55-4/h5-18,23,26-27,29,37-38H,19-22,24-25,28,30-31H2,1-4H3,(H,47,52)/b26-23+/t37-,38+,45?/m1/s1. The average molecular weight is 738 g/mol. The number of aromatic nitrogens is 2. The Morgan fingerprint density at radius 2 is 1.64 bits per heavy atom. The van der Waals surface area contributed by atoms with Crippen molar-refractivity contribution in [2.24, 2.45) is 0 Å². The van der Waals surface area contributed by atoms with Crippen molar-refractivity contribution < 1.29 is 19.1 Å².